The summed E-state index contributed by atoms with van der Waals surface area (Å²) < 4.78 is 2.33. The van der Waals surface area contributed by atoms with E-state index in [2.05, 4.69) is 9.97 Å². The van der Waals surface area contributed by atoms with E-state index in [-0.39, 0.29) is 22.7 Å². The van der Waals surface area contributed by atoms with Gasteiger partial charge in [0.05, 0.1) is 5.75 Å². The minimum atomic E-state index is -0.438. The third-order valence-electron chi connectivity index (χ3n) is 3.86. The second-order valence-electron chi connectivity index (χ2n) is 5.47. The van der Waals surface area contributed by atoms with E-state index in [1.54, 1.807) is 13.1 Å². The van der Waals surface area contributed by atoms with Gasteiger partial charge < -0.3 is 4.98 Å². The largest absolute Gasteiger partial charge is 0.332 e. The van der Waals surface area contributed by atoms with E-state index in [1.165, 1.54) is 23.4 Å². The molecule has 0 saturated carbocycles. The number of hydrogen-bond acceptors (Lipinski definition) is 5. The number of aromatic amines is 1. The first-order valence-electron chi connectivity index (χ1n) is 7.27. The molecule has 2 aromatic heterocycles. The van der Waals surface area contributed by atoms with Gasteiger partial charge in [0.25, 0.3) is 5.56 Å². The molecule has 0 unspecified atom stereocenters. The highest BCUT2D eigenvalue weighted by atomic mass is 32.2. The molecule has 0 spiro atoms. The standard InChI is InChI=1S/C16H16N4O3S/c1-9-6-4-5-7-10(9)11(21)8-24-15-17-12-13(18-15)19(2)16(23)20(3)14(12)22/h4-7H,8H2,1-3H3,(H,17,18). The number of aromatic nitrogens is 4. The zero-order valence-electron chi connectivity index (χ0n) is 13.5. The number of Topliss-reactive ketones (excluding diaryl/α,β-unsaturated/α-hetero) is 1. The first-order valence-corrected chi connectivity index (χ1v) is 8.26. The third-order valence-corrected chi connectivity index (χ3v) is 4.73. The number of imidazole rings is 1. The van der Waals surface area contributed by atoms with Gasteiger partial charge in [-0.25, -0.2) is 9.78 Å². The molecule has 0 radical (unpaired) electrons. The van der Waals surface area contributed by atoms with Crippen molar-refractivity contribution < 1.29 is 4.79 Å². The van der Waals surface area contributed by atoms with Crippen molar-refractivity contribution in [2.45, 2.75) is 12.1 Å². The lowest BCUT2D eigenvalue weighted by Gasteiger charge is -2.02. The number of hydrogen-bond donors (Lipinski definition) is 1. The van der Waals surface area contributed by atoms with Crippen LogP contribution in [0.15, 0.2) is 39.0 Å². The summed E-state index contributed by atoms with van der Waals surface area (Å²) in [4.78, 5) is 43.5. The highest BCUT2D eigenvalue weighted by molar-refractivity contribution is 7.99. The van der Waals surface area contributed by atoms with Crippen LogP contribution >= 0.6 is 11.8 Å². The molecule has 8 heteroatoms. The van der Waals surface area contributed by atoms with Gasteiger partial charge in [-0.1, -0.05) is 36.0 Å². The van der Waals surface area contributed by atoms with Crippen LogP contribution in [0.3, 0.4) is 0 Å². The number of fused-ring (bicyclic) bond motifs is 1. The van der Waals surface area contributed by atoms with Gasteiger partial charge in [0.15, 0.2) is 22.1 Å². The number of nitrogens with zero attached hydrogens (tertiary/aromatic N) is 3. The van der Waals surface area contributed by atoms with E-state index in [0.29, 0.717) is 10.7 Å². The van der Waals surface area contributed by atoms with Crippen LogP contribution in [-0.4, -0.2) is 30.6 Å². The van der Waals surface area contributed by atoms with Crippen molar-refractivity contribution in [1.82, 2.24) is 19.1 Å². The summed E-state index contributed by atoms with van der Waals surface area (Å²) in [5.74, 6) is 0.180. The zero-order valence-corrected chi connectivity index (χ0v) is 14.3. The van der Waals surface area contributed by atoms with Crippen LogP contribution in [0.5, 0.6) is 0 Å². The van der Waals surface area contributed by atoms with E-state index in [0.717, 1.165) is 10.1 Å². The fourth-order valence-corrected chi connectivity index (χ4v) is 3.22. The first-order chi connectivity index (χ1) is 11.4. The summed E-state index contributed by atoms with van der Waals surface area (Å²) in [6.07, 6.45) is 0. The third kappa shape index (κ3) is 2.69. The van der Waals surface area contributed by atoms with Gasteiger partial charge in [0.1, 0.15) is 0 Å². The van der Waals surface area contributed by atoms with Gasteiger partial charge >= 0.3 is 5.69 Å². The molecule has 0 bridgehead atoms. The Bertz CT molecular complexity index is 1060. The van der Waals surface area contributed by atoms with Crippen LogP contribution < -0.4 is 11.2 Å². The van der Waals surface area contributed by atoms with Crippen molar-refractivity contribution in [1.29, 1.82) is 0 Å². The van der Waals surface area contributed by atoms with Crippen LogP contribution in [0.4, 0.5) is 0 Å². The monoisotopic (exact) mass is 344 g/mol. The van der Waals surface area contributed by atoms with Crippen molar-refractivity contribution in [2.24, 2.45) is 14.1 Å². The molecule has 2 heterocycles. The molecule has 0 saturated heterocycles. The molecule has 0 fully saturated rings. The van der Waals surface area contributed by atoms with Crippen LogP contribution in [0.25, 0.3) is 11.2 Å². The number of aryl methyl sites for hydroxylation is 2. The molecule has 124 valence electrons. The number of carbonyl (C=O) groups is 1. The molecule has 1 aromatic carbocycles. The molecule has 3 aromatic rings. The summed E-state index contributed by atoms with van der Waals surface area (Å²) in [5, 5.41) is 0.435. The number of benzene rings is 1. The van der Waals surface area contributed by atoms with Gasteiger partial charge in [-0.05, 0) is 12.5 Å². The van der Waals surface area contributed by atoms with Gasteiger partial charge in [-0.2, -0.15) is 0 Å². The summed E-state index contributed by atoms with van der Waals surface area (Å²) in [5.41, 5.74) is 1.26. The smallest absolute Gasteiger partial charge is 0.327 e. The summed E-state index contributed by atoms with van der Waals surface area (Å²) in [6.45, 7) is 1.89. The molecule has 1 N–H and O–H groups in total. The van der Waals surface area contributed by atoms with Gasteiger partial charge in [-0.15, -0.1) is 0 Å². The van der Waals surface area contributed by atoms with E-state index < -0.39 is 11.2 Å². The summed E-state index contributed by atoms with van der Waals surface area (Å²) >= 11 is 1.21. The highest BCUT2D eigenvalue weighted by Crippen LogP contribution is 2.19. The number of H-pyrrole nitrogens is 1. The second kappa shape index (κ2) is 6.12. The molecule has 0 aliphatic heterocycles. The van der Waals surface area contributed by atoms with Crippen molar-refractivity contribution in [3.8, 4) is 0 Å². The average molecular weight is 344 g/mol. The first kappa shape index (κ1) is 16.3. The van der Waals surface area contributed by atoms with Crippen molar-refractivity contribution in [2.75, 3.05) is 5.75 Å². The topological polar surface area (TPSA) is 89.8 Å². The maximum Gasteiger partial charge on any atom is 0.332 e. The number of nitrogens with one attached hydrogen (secondary N) is 1. The minimum Gasteiger partial charge on any atom is -0.327 e. The lowest BCUT2D eigenvalue weighted by Crippen LogP contribution is -2.36. The number of rotatable bonds is 4. The van der Waals surface area contributed by atoms with Crippen molar-refractivity contribution >= 4 is 28.7 Å². The molecule has 0 aliphatic rings. The Morgan fingerprint density at radius 1 is 1.21 bits per heavy atom. The van der Waals surface area contributed by atoms with Crippen LogP contribution in [-0.2, 0) is 14.1 Å². The molecule has 24 heavy (non-hydrogen) atoms. The van der Waals surface area contributed by atoms with Crippen molar-refractivity contribution in [3.63, 3.8) is 0 Å². The maximum absolute atomic E-state index is 12.3. The lowest BCUT2D eigenvalue weighted by atomic mass is 10.1. The van der Waals surface area contributed by atoms with E-state index in [1.807, 2.05) is 25.1 Å². The van der Waals surface area contributed by atoms with Crippen LogP contribution in [0.2, 0.25) is 0 Å². The Kier molecular flexibility index (Phi) is 4.15. The lowest BCUT2D eigenvalue weighted by molar-refractivity contribution is 0.102. The Morgan fingerprint density at radius 3 is 2.62 bits per heavy atom. The average Bonchev–Trinajstić information content (AvgIpc) is 3.01. The highest BCUT2D eigenvalue weighted by Gasteiger charge is 2.15. The SMILES string of the molecule is Cc1ccccc1C(=O)CSc1nc2c([nH]1)c(=O)n(C)c(=O)n2C. The van der Waals surface area contributed by atoms with Gasteiger partial charge in [0, 0.05) is 19.7 Å². The van der Waals surface area contributed by atoms with Gasteiger partial charge in [-0.3, -0.25) is 18.7 Å². The Balaban J connectivity index is 1.89. The Hall–Kier alpha value is -2.61. The molecule has 0 amide bonds. The second-order valence-corrected chi connectivity index (χ2v) is 6.44. The normalized spacial score (nSPS) is 11.1. The fourth-order valence-electron chi connectivity index (χ4n) is 2.47. The van der Waals surface area contributed by atoms with Crippen LogP contribution in [0.1, 0.15) is 15.9 Å². The summed E-state index contributed by atoms with van der Waals surface area (Å²) in [6, 6.07) is 7.38. The van der Waals surface area contributed by atoms with Gasteiger partial charge in [0.2, 0.25) is 0 Å². The predicted molar refractivity (Wildman–Crippen MR) is 92.8 cm³/mol. The fraction of sp³-hybridized carbons (Fsp3) is 0.250. The number of carbonyl (C=O) groups excluding carboxylic acids is 1. The zero-order chi connectivity index (χ0) is 17.4. The molecule has 3 rings (SSSR count). The van der Waals surface area contributed by atoms with Crippen molar-refractivity contribution in [3.05, 3.63) is 56.2 Å². The summed E-state index contributed by atoms with van der Waals surface area (Å²) in [7, 11) is 2.97. The molecule has 0 atom stereocenters. The Morgan fingerprint density at radius 2 is 1.92 bits per heavy atom. The van der Waals surface area contributed by atoms with Crippen LogP contribution in [0, 0.1) is 6.92 Å². The van der Waals surface area contributed by atoms with E-state index in [4.69, 9.17) is 0 Å². The van der Waals surface area contributed by atoms with E-state index in [9.17, 15) is 14.4 Å². The molecular weight excluding hydrogens is 328 g/mol. The number of thioether (sulfide) groups is 1. The minimum absolute atomic E-state index is 0.0136. The number of ketones is 1. The predicted octanol–water partition coefficient (Wildman–Crippen LogP) is 1.24. The Labute approximate surface area is 141 Å². The molecule has 0 aliphatic carbocycles. The quantitative estimate of drug-likeness (QED) is 0.568. The molecular formula is C16H16N4O3S. The molecule has 7 nitrogen and oxygen atoms in total. The van der Waals surface area contributed by atoms with E-state index >= 15 is 0 Å². The maximum atomic E-state index is 12.3.